The van der Waals surface area contributed by atoms with Crippen molar-refractivity contribution in [3.05, 3.63) is 22.7 Å². The smallest absolute Gasteiger partial charge is 0.243 e. The fraction of sp³-hybridized carbons (Fsp3) is 0.600. The second-order valence-electron chi connectivity index (χ2n) is 6.01. The van der Waals surface area contributed by atoms with Crippen molar-refractivity contribution in [3.63, 3.8) is 0 Å². The highest BCUT2D eigenvalue weighted by molar-refractivity contribution is 9.10. The number of hydrogen-bond acceptors (Lipinski definition) is 4. The Morgan fingerprint density at radius 3 is 2.70 bits per heavy atom. The summed E-state index contributed by atoms with van der Waals surface area (Å²) in [5.74, 6) is 1.37. The first-order chi connectivity index (χ1) is 10.4. The van der Waals surface area contributed by atoms with Gasteiger partial charge in [0.15, 0.2) is 0 Å². The number of hydrogen-bond donors (Lipinski definition) is 1. The third-order valence-electron chi connectivity index (χ3n) is 4.72. The SMILES string of the molecule is CCOc1ccc(S(=O)(=O)N2CC3CCC(N)C3C2)cc1Br.Cl. The van der Waals surface area contributed by atoms with Gasteiger partial charge in [-0.2, -0.15) is 4.31 Å². The predicted molar refractivity (Wildman–Crippen MR) is 95.5 cm³/mol. The minimum Gasteiger partial charge on any atom is -0.493 e. The van der Waals surface area contributed by atoms with Crippen molar-refractivity contribution in [2.45, 2.75) is 30.7 Å². The number of nitrogens with zero attached hydrogens (tertiary/aromatic N) is 1. The van der Waals surface area contributed by atoms with Gasteiger partial charge >= 0.3 is 0 Å². The normalized spacial score (nSPS) is 27.5. The summed E-state index contributed by atoms with van der Waals surface area (Å²) in [5, 5.41) is 0. The fourth-order valence-electron chi connectivity index (χ4n) is 3.53. The minimum absolute atomic E-state index is 0. The first-order valence-corrected chi connectivity index (χ1v) is 9.85. The van der Waals surface area contributed by atoms with E-state index in [2.05, 4.69) is 15.9 Å². The molecule has 0 spiro atoms. The van der Waals surface area contributed by atoms with Crippen LogP contribution in [0.5, 0.6) is 5.75 Å². The van der Waals surface area contributed by atoms with E-state index in [0.717, 1.165) is 12.8 Å². The molecule has 1 saturated heterocycles. The Bertz CT molecular complexity index is 671. The van der Waals surface area contributed by atoms with E-state index < -0.39 is 10.0 Å². The van der Waals surface area contributed by atoms with E-state index in [1.165, 1.54) is 0 Å². The van der Waals surface area contributed by atoms with E-state index in [-0.39, 0.29) is 18.4 Å². The number of benzene rings is 1. The summed E-state index contributed by atoms with van der Waals surface area (Å²) < 4.78 is 33.3. The van der Waals surface area contributed by atoms with Gasteiger partial charge in [-0.1, -0.05) is 0 Å². The van der Waals surface area contributed by atoms with Gasteiger partial charge in [0.2, 0.25) is 10.0 Å². The summed E-state index contributed by atoms with van der Waals surface area (Å²) >= 11 is 3.38. The topological polar surface area (TPSA) is 72.6 Å². The monoisotopic (exact) mass is 424 g/mol. The molecule has 0 radical (unpaired) electrons. The van der Waals surface area contributed by atoms with Crippen LogP contribution in [-0.2, 0) is 10.0 Å². The Balaban J connectivity index is 0.00000192. The van der Waals surface area contributed by atoms with Gasteiger partial charge in [0.25, 0.3) is 0 Å². The number of ether oxygens (including phenoxy) is 1. The van der Waals surface area contributed by atoms with Crippen molar-refractivity contribution in [3.8, 4) is 5.75 Å². The first kappa shape index (κ1) is 19.0. The third kappa shape index (κ3) is 3.54. The average Bonchev–Trinajstić information content (AvgIpc) is 3.04. The number of sulfonamides is 1. The molecule has 3 unspecified atom stereocenters. The van der Waals surface area contributed by atoms with E-state index in [1.807, 2.05) is 6.92 Å². The van der Waals surface area contributed by atoms with Crippen LogP contribution in [0.15, 0.2) is 27.6 Å². The molecule has 0 amide bonds. The summed E-state index contributed by atoms with van der Waals surface area (Å²) in [6.45, 7) is 3.56. The lowest BCUT2D eigenvalue weighted by atomic mass is 9.98. The van der Waals surface area contributed by atoms with Crippen LogP contribution in [-0.4, -0.2) is 38.5 Å². The van der Waals surface area contributed by atoms with Gasteiger partial charge in [0.1, 0.15) is 5.75 Å². The lowest BCUT2D eigenvalue weighted by Crippen LogP contribution is -2.33. The number of nitrogens with two attached hydrogens (primary N) is 1. The highest BCUT2D eigenvalue weighted by atomic mass is 79.9. The zero-order chi connectivity index (χ0) is 15.9. The van der Waals surface area contributed by atoms with Crippen LogP contribution >= 0.6 is 28.3 Å². The standard InChI is InChI=1S/C15H21BrN2O3S.ClH/c1-2-21-15-6-4-11(7-13(15)16)22(19,20)18-8-10-3-5-14(17)12(10)9-18;/h4,6-7,10,12,14H,2-3,5,8-9,17H2,1H3;1H. The van der Waals surface area contributed by atoms with Gasteiger partial charge in [-0.15, -0.1) is 12.4 Å². The fourth-order valence-corrected chi connectivity index (χ4v) is 5.73. The molecule has 2 fully saturated rings. The van der Waals surface area contributed by atoms with Crippen molar-refractivity contribution < 1.29 is 13.2 Å². The number of rotatable bonds is 4. The molecular formula is C15H22BrClN2O3S. The van der Waals surface area contributed by atoms with Crippen molar-refractivity contribution in [2.75, 3.05) is 19.7 Å². The van der Waals surface area contributed by atoms with E-state index in [9.17, 15) is 8.42 Å². The van der Waals surface area contributed by atoms with Crippen LogP contribution in [0.2, 0.25) is 0 Å². The summed E-state index contributed by atoms with van der Waals surface area (Å²) in [7, 11) is -3.47. The van der Waals surface area contributed by atoms with Gasteiger partial charge in [0.05, 0.1) is 16.0 Å². The van der Waals surface area contributed by atoms with Crippen LogP contribution in [0, 0.1) is 11.8 Å². The van der Waals surface area contributed by atoms with E-state index in [1.54, 1.807) is 22.5 Å². The van der Waals surface area contributed by atoms with Crippen LogP contribution < -0.4 is 10.5 Å². The Kier molecular flexibility index (Phi) is 6.00. The molecule has 1 aliphatic carbocycles. The van der Waals surface area contributed by atoms with Gasteiger partial charge in [0, 0.05) is 19.1 Å². The molecule has 8 heteroatoms. The molecular weight excluding hydrogens is 404 g/mol. The summed E-state index contributed by atoms with van der Waals surface area (Å²) in [6.07, 6.45) is 2.04. The van der Waals surface area contributed by atoms with Gasteiger partial charge < -0.3 is 10.5 Å². The van der Waals surface area contributed by atoms with Crippen molar-refractivity contribution in [1.29, 1.82) is 0 Å². The summed E-state index contributed by atoms with van der Waals surface area (Å²) in [5.41, 5.74) is 6.10. The second kappa shape index (κ2) is 7.27. The predicted octanol–water partition coefficient (Wildman–Crippen LogP) is 2.63. The van der Waals surface area contributed by atoms with Gasteiger partial charge in [-0.3, -0.25) is 0 Å². The van der Waals surface area contributed by atoms with E-state index in [0.29, 0.717) is 46.6 Å². The summed E-state index contributed by atoms with van der Waals surface area (Å²) in [4.78, 5) is 0.302. The van der Waals surface area contributed by atoms with Crippen LogP contribution in [0.4, 0.5) is 0 Å². The molecule has 130 valence electrons. The Morgan fingerprint density at radius 1 is 1.35 bits per heavy atom. The molecule has 1 aromatic rings. The van der Waals surface area contributed by atoms with Crippen molar-refractivity contribution >= 4 is 38.4 Å². The molecule has 1 heterocycles. The Morgan fingerprint density at radius 2 is 2.09 bits per heavy atom. The van der Waals surface area contributed by atoms with Crippen LogP contribution in [0.1, 0.15) is 19.8 Å². The number of fused-ring (bicyclic) bond motifs is 1. The van der Waals surface area contributed by atoms with E-state index in [4.69, 9.17) is 10.5 Å². The maximum Gasteiger partial charge on any atom is 0.243 e. The van der Waals surface area contributed by atoms with Gasteiger partial charge in [-0.05, 0) is 65.7 Å². The average molecular weight is 426 g/mol. The lowest BCUT2D eigenvalue weighted by Gasteiger charge is -2.19. The highest BCUT2D eigenvalue weighted by Crippen LogP contribution is 2.39. The second-order valence-corrected chi connectivity index (χ2v) is 8.80. The molecule has 1 aliphatic heterocycles. The largest absolute Gasteiger partial charge is 0.493 e. The first-order valence-electron chi connectivity index (χ1n) is 7.61. The van der Waals surface area contributed by atoms with Crippen molar-refractivity contribution in [2.24, 2.45) is 17.6 Å². The zero-order valence-corrected chi connectivity index (χ0v) is 16.2. The third-order valence-corrected chi connectivity index (χ3v) is 7.17. The number of halogens is 2. The molecule has 0 bridgehead atoms. The maximum atomic E-state index is 12.8. The molecule has 0 aromatic heterocycles. The van der Waals surface area contributed by atoms with E-state index >= 15 is 0 Å². The summed E-state index contributed by atoms with van der Waals surface area (Å²) in [6, 6.07) is 5.06. The lowest BCUT2D eigenvalue weighted by molar-refractivity contribution is 0.338. The Hall–Kier alpha value is -0.340. The molecule has 1 aromatic carbocycles. The van der Waals surface area contributed by atoms with Crippen LogP contribution in [0.25, 0.3) is 0 Å². The van der Waals surface area contributed by atoms with Crippen molar-refractivity contribution in [1.82, 2.24) is 4.31 Å². The maximum absolute atomic E-state index is 12.8. The zero-order valence-electron chi connectivity index (χ0n) is 12.9. The molecule has 2 aliphatic rings. The quantitative estimate of drug-likeness (QED) is 0.805. The molecule has 1 saturated carbocycles. The molecule has 3 atom stereocenters. The molecule has 23 heavy (non-hydrogen) atoms. The highest BCUT2D eigenvalue weighted by Gasteiger charge is 2.45. The van der Waals surface area contributed by atoms with Crippen LogP contribution in [0.3, 0.4) is 0 Å². The minimum atomic E-state index is -3.47. The molecule has 3 rings (SSSR count). The van der Waals surface area contributed by atoms with Gasteiger partial charge in [-0.25, -0.2) is 8.42 Å². The molecule has 2 N–H and O–H groups in total. The molecule has 5 nitrogen and oxygen atoms in total. The Labute approximate surface area is 152 Å².